The summed E-state index contributed by atoms with van der Waals surface area (Å²) in [7, 11) is 0. The molecular formula is C12H15NO5. The maximum absolute atomic E-state index is 11.6. The van der Waals surface area contributed by atoms with Crippen LogP contribution >= 0.6 is 0 Å². The second-order valence-electron chi connectivity index (χ2n) is 4.38. The molecule has 1 saturated carbocycles. The van der Waals surface area contributed by atoms with E-state index in [9.17, 15) is 19.8 Å². The molecule has 1 aromatic rings. The Bertz CT molecular complexity index is 497. The van der Waals surface area contributed by atoms with Crippen LogP contribution < -0.4 is 5.56 Å². The lowest BCUT2D eigenvalue weighted by Gasteiger charge is -2.18. The first-order chi connectivity index (χ1) is 8.50. The minimum atomic E-state index is -1.17. The Balaban J connectivity index is 2.24. The molecule has 1 aliphatic rings. The van der Waals surface area contributed by atoms with Gasteiger partial charge < -0.3 is 19.5 Å². The number of esters is 1. The number of rotatable bonds is 2. The molecule has 98 valence electrons. The van der Waals surface area contributed by atoms with Gasteiger partial charge in [-0.2, -0.15) is 0 Å². The van der Waals surface area contributed by atoms with E-state index in [0.29, 0.717) is 0 Å². The number of nitrogens with zero attached hydrogens (tertiary/aromatic N) is 1. The summed E-state index contributed by atoms with van der Waals surface area (Å²) in [5, 5.41) is 19.7. The Morgan fingerprint density at radius 1 is 1.39 bits per heavy atom. The second kappa shape index (κ2) is 4.91. The van der Waals surface area contributed by atoms with Crippen molar-refractivity contribution in [2.24, 2.45) is 0 Å². The summed E-state index contributed by atoms with van der Waals surface area (Å²) in [4.78, 5) is 22.5. The fraction of sp³-hybridized carbons (Fsp3) is 0.500. The highest BCUT2D eigenvalue weighted by Crippen LogP contribution is 2.31. The molecule has 2 rings (SSSR count). The summed E-state index contributed by atoms with van der Waals surface area (Å²) >= 11 is 0. The van der Waals surface area contributed by atoms with E-state index in [1.54, 1.807) is 18.3 Å². The van der Waals surface area contributed by atoms with Gasteiger partial charge in [-0.15, -0.1) is 0 Å². The average Bonchev–Trinajstić information content (AvgIpc) is 2.58. The van der Waals surface area contributed by atoms with Gasteiger partial charge in [-0.05, 0) is 6.07 Å². The lowest BCUT2D eigenvalue weighted by molar-refractivity contribution is -0.152. The third kappa shape index (κ3) is 2.30. The van der Waals surface area contributed by atoms with Crippen LogP contribution in [0.15, 0.2) is 29.2 Å². The molecule has 2 N–H and O–H groups in total. The Hall–Kier alpha value is -1.66. The van der Waals surface area contributed by atoms with Gasteiger partial charge in [-0.3, -0.25) is 9.59 Å². The van der Waals surface area contributed by atoms with E-state index in [4.69, 9.17) is 4.74 Å². The van der Waals surface area contributed by atoms with Crippen LogP contribution in [0.3, 0.4) is 0 Å². The first kappa shape index (κ1) is 12.8. The highest BCUT2D eigenvalue weighted by Gasteiger charge is 2.44. The molecular weight excluding hydrogens is 238 g/mol. The minimum Gasteiger partial charge on any atom is -0.460 e. The van der Waals surface area contributed by atoms with Crippen LogP contribution in [0.4, 0.5) is 0 Å². The third-order valence-electron chi connectivity index (χ3n) is 3.12. The van der Waals surface area contributed by atoms with Crippen molar-refractivity contribution in [1.29, 1.82) is 0 Å². The summed E-state index contributed by atoms with van der Waals surface area (Å²) < 4.78 is 6.27. The van der Waals surface area contributed by atoms with Crippen molar-refractivity contribution >= 4 is 5.97 Å². The van der Waals surface area contributed by atoms with Gasteiger partial charge in [-0.1, -0.05) is 6.07 Å². The summed E-state index contributed by atoms with van der Waals surface area (Å²) in [5.74, 6) is -0.521. The van der Waals surface area contributed by atoms with Crippen LogP contribution in [0.2, 0.25) is 0 Å². The topological polar surface area (TPSA) is 88.8 Å². The van der Waals surface area contributed by atoms with E-state index < -0.39 is 30.3 Å². The van der Waals surface area contributed by atoms with Crippen molar-refractivity contribution in [1.82, 2.24) is 4.57 Å². The second-order valence-corrected chi connectivity index (χ2v) is 4.38. The van der Waals surface area contributed by atoms with Crippen molar-refractivity contribution < 1.29 is 19.7 Å². The van der Waals surface area contributed by atoms with Crippen LogP contribution in [-0.4, -0.2) is 39.1 Å². The molecule has 4 unspecified atom stereocenters. The smallest absolute Gasteiger partial charge is 0.302 e. The molecule has 18 heavy (non-hydrogen) atoms. The van der Waals surface area contributed by atoms with Crippen molar-refractivity contribution in [3.8, 4) is 0 Å². The zero-order chi connectivity index (χ0) is 13.3. The number of pyridine rings is 1. The maximum atomic E-state index is 11.6. The van der Waals surface area contributed by atoms with Crippen molar-refractivity contribution in [3.63, 3.8) is 0 Å². The summed E-state index contributed by atoms with van der Waals surface area (Å²) in [6, 6.07) is 4.05. The molecule has 0 amide bonds. The number of ether oxygens (including phenoxy) is 1. The molecule has 0 radical (unpaired) electrons. The average molecular weight is 253 g/mol. The Kier molecular flexibility index (Phi) is 3.49. The van der Waals surface area contributed by atoms with Crippen LogP contribution in [0, 0.1) is 0 Å². The number of carbonyl (C=O) groups excluding carboxylic acids is 1. The molecule has 6 nitrogen and oxygen atoms in total. The minimum absolute atomic E-state index is 0.214. The van der Waals surface area contributed by atoms with Gasteiger partial charge >= 0.3 is 5.97 Å². The summed E-state index contributed by atoms with van der Waals surface area (Å²) in [5.41, 5.74) is -0.266. The zero-order valence-corrected chi connectivity index (χ0v) is 9.89. The van der Waals surface area contributed by atoms with Crippen LogP contribution in [-0.2, 0) is 9.53 Å². The van der Waals surface area contributed by atoms with E-state index in [2.05, 4.69) is 0 Å². The Morgan fingerprint density at radius 3 is 2.72 bits per heavy atom. The van der Waals surface area contributed by atoms with E-state index in [1.165, 1.54) is 17.6 Å². The van der Waals surface area contributed by atoms with Gasteiger partial charge in [0, 0.05) is 25.6 Å². The molecule has 1 aromatic heterocycles. The number of aromatic nitrogens is 1. The predicted molar refractivity (Wildman–Crippen MR) is 61.9 cm³/mol. The lowest BCUT2D eigenvalue weighted by Crippen LogP contribution is -2.35. The van der Waals surface area contributed by atoms with Gasteiger partial charge in [0.1, 0.15) is 18.3 Å². The van der Waals surface area contributed by atoms with Gasteiger partial charge in [-0.25, -0.2) is 0 Å². The largest absolute Gasteiger partial charge is 0.460 e. The predicted octanol–water partition coefficient (Wildman–Crippen LogP) is -0.553. The Morgan fingerprint density at radius 2 is 2.11 bits per heavy atom. The van der Waals surface area contributed by atoms with Crippen LogP contribution in [0.5, 0.6) is 0 Å². The molecule has 0 aliphatic heterocycles. The van der Waals surface area contributed by atoms with Crippen molar-refractivity contribution in [3.05, 3.63) is 34.7 Å². The van der Waals surface area contributed by atoms with Crippen LogP contribution in [0.25, 0.3) is 0 Å². The molecule has 0 aromatic carbocycles. The molecule has 1 aliphatic carbocycles. The zero-order valence-electron chi connectivity index (χ0n) is 9.89. The first-order valence-corrected chi connectivity index (χ1v) is 5.71. The number of hydrogen-bond donors (Lipinski definition) is 2. The molecule has 1 fully saturated rings. The molecule has 0 bridgehead atoms. The molecule has 0 saturated heterocycles. The van der Waals surface area contributed by atoms with Gasteiger partial charge in [0.15, 0.2) is 0 Å². The lowest BCUT2D eigenvalue weighted by atomic mass is 10.2. The molecule has 0 spiro atoms. The number of hydrogen-bond acceptors (Lipinski definition) is 5. The monoisotopic (exact) mass is 253 g/mol. The van der Waals surface area contributed by atoms with Crippen LogP contribution in [0.1, 0.15) is 19.4 Å². The van der Waals surface area contributed by atoms with E-state index in [1.807, 2.05) is 0 Å². The van der Waals surface area contributed by atoms with Crippen molar-refractivity contribution in [2.75, 3.05) is 0 Å². The molecule has 1 heterocycles. The Labute approximate surface area is 103 Å². The SMILES string of the molecule is CC(=O)OC1CC(n2ccccc2=O)C(O)C1O. The first-order valence-electron chi connectivity index (χ1n) is 5.71. The van der Waals surface area contributed by atoms with Gasteiger partial charge in [0.05, 0.1) is 6.04 Å². The highest BCUT2D eigenvalue weighted by atomic mass is 16.6. The number of aliphatic hydroxyl groups excluding tert-OH is 2. The third-order valence-corrected chi connectivity index (χ3v) is 3.12. The van der Waals surface area contributed by atoms with Gasteiger partial charge in [0.25, 0.3) is 5.56 Å². The van der Waals surface area contributed by atoms with E-state index in [0.717, 1.165) is 0 Å². The quantitative estimate of drug-likeness (QED) is 0.690. The number of aliphatic hydroxyl groups is 2. The fourth-order valence-electron chi connectivity index (χ4n) is 2.29. The summed E-state index contributed by atoms with van der Waals surface area (Å²) in [6.07, 6.45) is -1.33. The normalized spacial score (nSPS) is 31.3. The summed E-state index contributed by atoms with van der Waals surface area (Å²) in [6.45, 7) is 1.24. The number of carbonyl (C=O) groups is 1. The standard InChI is InChI=1S/C12H15NO5/c1-7(14)18-9-6-8(11(16)12(9)17)13-5-3-2-4-10(13)15/h2-5,8-9,11-12,16-17H,6H2,1H3. The van der Waals surface area contributed by atoms with E-state index >= 15 is 0 Å². The van der Waals surface area contributed by atoms with E-state index in [-0.39, 0.29) is 12.0 Å². The highest BCUT2D eigenvalue weighted by molar-refractivity contribution is 5.66. The maximum Gasteiger partial charge on any atom is 0.302 e. The molecule has 6 heteroatoms. The molecule has 4 atom stereocenters. The van der Waals surface area contributed by atoms with Crippen molar-refractivity contribution in [2.45, 2.75) is 37.7 Å². The van der Waals surface area contributed by atoms with Gasteiger partial charge in [0.2, 0.25) is 0 Å². The fourth-order valence-corrected chi connectivity index (χ4v) is 2.29.